The van der Waals surface area contributed by atoms with E-state index in [4.69, 9.17) is 0 Å². The Morgan fingerprint density at radius 2 is 1.76 bits per heavy atom. The number of nitrogens with zero attached hydrogens (tertiary/aromatic N) is 4. The number of aromatic nitrogens is 2. The molecule has 176 valence electrons. The average molecular weight is 478 g/mol. The summed E-state index contributed by atoms with van der Waals surface area (Å²) in [5.74, 6) is -0.363. The summed E-state index contributed by atoms with van der Waals surface area (Å²) in [6.07, 6.45) is 2.62. The fourth-order valence-corrected chi connectivity index (χ4v) is 5.98. The lowest BCUT2D eigenvalue weighted by Crippen LogP contribution is -2.43. The Labute approximate surface area is 199 Å². The van der Waals surface area contributed by atoms with Crippen molar-refractivity contribution < 1.29 is 13.2 Å². The molecule has 2 aromatic carbocycles. The lowest BCUT2D eigenvalue weighted by Gasteiger charge is -2.31. The predicted molar refractivity (Wildman–Crippen MR) is 127 cm³/mol. The van der Waals surface area contributed by atoms with Crippen LogP contribution in [0, 0.1) is 24.2 Å². The van der Waals surface area contributed by atoms with E-state index in [-0.39, 0.29) is 41.4 Å². The third-order valence-electron chi connectivity index (χ3n) is 6.32. The number of benzene rings is 2. The van der Waals surface area contributed by atoms with Crippen LogP contribution in [0.3, 0.4) is 0 Å². The van der Waals surface area contributed by atoms with Gasteiger partial charge >= 0.3 is 0 Å². The van der Waals surface area contributed by atoms with Crippen molar-refractivity contribution in [1.82, 2.24) is 19.4 Å². The molecule has 3 aromatic rings. The smallest absolute Gasteiger partial charge is 0.244 e. The molecule has 1 aliphatic rings. The Bertz CT molecular complexity index is 1320. The normalized spacial score (nSPS) is 16.0. The molecule has 1 aromatic heterocycles. The molecule has 8 nitrogen and oxygen atoms in total. The van der Waals surface area contributed by atoms with E-state index in [9.17, 15) is 18.5 Å². The zero-order chi connectivity index (χ0) is 24.3. The van der Waals surface area contributed by atoms with Gasteiger partial charge in [0.15, 0.2) is 0 Å². The van der Waals surface area contributed by atoms with Gasteiger partial charge in [0, 0.05) is 30.3 Å². The van der Waals surface area contributed by atoms with Gasteiger partial charge in [-0.15, -0.1) is 0 Å². The predicted octanol–water partition coefficient (Wildman–Crippen LogP) is 3.33. The van der Waals surface area contributed by atoms with Gasteiger partial charge in [-0.3, -0.25) is 4.79 Å². The lowest BCUT2D eigenvalue weighted by molar-refractivity contribution is -0.126. The summed E-state index contributed by atoms with van der Waals surface area (Å²) in [6, 6.07) is 17.7. The standard InChI is InChI=1S/C25H27N5O3S/c1-18(23-17-27-30(19(23)2)22-9-4-3-5-10-22)28-25(31)20-12-14-29(15-13-20)34(32,33)24-11-7-6-8-21(24)16-26/h3-11,17-18,20H,12-15H2,1-2H3,(H,28,31). The molecule has 1 N–H and O–H groups in total. The molecule has 2 heterocycles. The molecule has 1 aliphatic heterocycles. The van der Waals surface area contributed by atoms with E-state index in [0.29, 0.717) is 12.8 Å². The van der Waals surface area contributed by atoms with Crippen molar-refractivity contribution in [2.75, 3.05) is 13.1 Å². The van der Waals surface area contributed by atoms with Crippen molar-refractivity contribution in [3.63, 3.8) is 0 Å². The molecule has 9 heteroatoms. The Balaban J connectivity index is 1.39. The number of amides is 1. The van der Waals surface area contributed by atoms with Gasteiger partial charge in [0.05, 0.1) is 28.4 Å². The fraction of sp³-hybridized carbons (Fsp3) is 0.320. The Hall–Kier alpha value is -3.48. The van der Waals surface area contributed by atoms with Gasteiger partial charge < -0.3 is 5.32 Å². The van der Waals surface area contributed by atoms with Gasteiger partial charge in [-0.25, -0.2) is 13.1 Å². The highest BCUT2D eigenvalue weighted by molar-refractivity contribution is 7.89. The van der Waals surface area contributed by atoms with E-state index >= 15 is 0 Å². The largest absolute Gasteiger partial charge is 0.349 e. The van der Waals surface area contributed by atoms with Crippen LogP contribution in [0.2, 0.25) is 0 Å². The number of nitrogens with one attached hydrogen (secondary N) is 1. The maximum absolute atomic E-state index is 13.0. The Kier molecular flexibility index (Phi) is 6.82. The molecule has 0 radical (unpaired) electrons. The van der Waals surface area contributed by atoms with Gasteiger partial charge in [0.25, 0.3) is 0 Å². The molecule has 0 spiro atoms. The fourth-order valence-electron chi connectivity index (χ4n) is 4.37. The topological polar surface area (TPSA) is 108 Å². The highest BCUT2D eigenvalue weighted by atomic mass is 32.2. The first-order valence-electron chi connectivity index (χ1n) is 11.2. The second-order valence-electron chi connectivity index (χ2n) is 8.45. The summed E-state index contributed by atoms with van der Waals surface area (Å²) in [7, 11) is -3.78. The van der Waals surface area contributed by atoms with Crippen molar-refractivity contribution in [3.05, 3.63) is 77.6 Å². The number of para-hydroxylation sites is 1. The summed E-state index contributed by atoms with van der Waals surface area (Å²) in [5.41, 5.74) is 2.97. The Morgan fingerprint density at radius 3 is 2.44 bits per heavy atom. The maximum atomic E-state index is 13.0. The SMILES string of the molecule is Cc1c(C(C)NC(=O)C2CCN(S(=O)(=O)c3ccccc3C#N)CC2)cnn1-c1ccccc1. The first-order valence-corrected chi connectivity index (χ1v) is 12.7. The molecule has 0 aliphatic carbocycles. The van der Waals surface area contributed by atoms with E-state index in [2.05, 4.69) is 10.4 Å². The van der Waals surface area contributed by atoms with Crippen LogP contribution in [0.25, 0.3) is 5.69 Å². The first-order chi connectivity index (χ1) is 16.3. The van der Waals surface area contributed by atoms with Crippen molar-refractivity contribution in [3.8, 4) is 11.8 Å². The third kappa shape index (κ3) is 4.60. The van der Waals surface area contributed by atoms with E-state index in [1.807, 2.05) is 54.9 Å². The summed E-state index contributed by atoms with van der Waals surface area (Å²) in [5, 5.41) is 16.8. The molecule has 1 unspecified atom stereocenters. The number of hydrogen-bond donors (Lipinski definition) is 1. The quantitative estimate of drug-likeness (QED) is 0.586. The van der Waals surface area contributed by atoms with Crippen LogP contribution in [0.5, 0.6) is 0 Å². The molecule has 1 fully saturated rings. The number of rotatable bonds is 6. The molecule has 4 rings (SSSR count). The minimum Gasteiger partial charge on any atom is -0.349 e. The second kappa shape index (κ2) is 9.79. The summed E-state index contributed by atoms with van der Waals surface area (Å²) in [4.78, 5) is 13.0. The molecule has 0 bridgehead atoms. The number of carbonyl (C=O) groups excluding carboxylic acids is 1. The van der Waals surface area contributed by atoms with Crippen molar-refractivity contribution in [2.45, 2.75) is 37.6 Å². The van der Waals surface area contributed by atoms with Gasteiger partial charge in [0.2, 0.25) is 15.9 Å². The van der Waals surface area contributed by atoms with Crippen LogP contribution >= 0.6 is 0 Å². The number of nitriles is 1. The molecular formula is C25H27N5O3S. The van der Waals surface area contributed by atoms with Gasteiger partial charge in [-0.2, -0.15) is 14.7 Å². The maximum Gasteiger partial charge on any atom is 0.244 e. The van der Waals surface area contributed by atoms with E-state index in [1.54, 1.807) is 18.3 Å². The highest BCUT2D eigenvalue weighted by Crippen LogP contribution is 2.27. The molecule has 1 amide bonds. The van der Waals surface area contributed by atoms with Gasteiger partial charge in [-0.1, -0.05) is 30.3 Å². The summed E-state index contributed by atoms with van der Waals surface area (Å²) < 4.78 is 29.3. The van der Waals surface area contributed by atoms with Gasteiger partial charge in [-0.05, 0) is 51.0 Å². The lowest BCUT2D eigenvalue weighted by atomic mass is 9.96. The third-order valence-corrected chi connectivity index (χ3v) is 8.28. The zero-order valence-corrected chi connectivity index (χ0v) is 20.0. The van der Waals surface area contributed by atoms with Crippen LogP contribution in [0.15, 0.2) is 65.7 Å². The number of sulfonamides is 1. The molecule has 34 heavy (non-hydrogen) atoms. The van der Waals surface area contributed by atoms with Crippen LogP contribution in [0.4, 0.5) is 0 Å². The number of hydrogen-bond acceptors (Lipinski definition) is 5. The first kappa shape index (κ1) is 23.7. The van der Waals surface area contributed by atoms with Crippen molar-refractivity contribution in [2.24, 2.45) is 5.92 Å². The van der Waals surface area contributed by atoms with Crippen LogP contribution in [0.1, 0.15) is 42.6 Å². The number of carbonyl (C=O) groups is 1. The summed E-state index contributed by atoms with van der Waals surface area (Å²) >= 11 is 0. The van der Waals surface area contributed by atoms with Crippen molar-refractivity contribution >= 4 is 15.9 Å². The van der Waals surface area contributed by atoms with Crippen LogP contribution < -0.4 is 5.32 Å². The minimum atomic E-state index is -3.78. The van der Waals surface area contributed by atoms with Crippen molar-refractivity contribution in [1.29, 1.82) is 5.26 Å². The Morgan fingerprint density at radius 1 is 1.12 bits per heavy atom. The summed E-state index contributed by atoms with van der Waals surface area (Å²) in [6.45, 7) is 4.37. The zero-order valence-electron chi connectivity index (χ0n) is 19.2. The monoisotopic (exact) mass is 477 g/mol. The second-order valence-corrected chi connectivity index (χ2v) is 10.4. The highest BCUT2D eigenvalue weighted by Gasteiger charge is 2.33. The molecule has 1 saturated heterocycles. The van der Waals surface area contributed by atoms with Crippen LogP contribution in [-0.2, 0) is 14.8 Å². The number of piperidine rings is 1. The molecular weight excluding hydrogens is 450 g/mol. The van der Waals surface area contributed by atoms with Crippen LogP contribution in [-0.4, -0.2) is 41.5 Å². The van der Waals surface area contributed by atoms with E-state index < -0.39 is 10.0 Å². The minimum absolute atomic E-state index is 0.0138. The van der Waals surface area contributed by atoms with Gasteiger partial charge in [0.1, 0.15) is 6.07 Å². The van der Waals surface area contributed by atoms with E-state index in [0.717, 1.165) is 16.9 Å². The molecule has 1 atom stereocenters. The molecule has 0 saturated carbocycles. The average Bonchev–Trinajstić information content (AvgIpc) is 3.25. The van der Waals surface area contributed by atoms with E-state index in [1.165, 1.54) is 16.4 Å².